The molecule has 0 rings (SSSR count). The number of halogens is 3. The van der Waals surface area contributed by atoms with Crippen molar-refractivity contribution in [1.29, 1.82) is 0 Å². The Morgan fingerprint density at radius 1 is 0.410 bits per heavy atom. The molecule has 0 spiro atoms. The first-order valence-corrected chi connectivity index (χ1v) is 24.6. The van der Waals surface area contributed by atoms with Gasteiger partial charge in [-0.15, -0.1) is 0 Å². The molecule has 0 aromatic rings. The van der Waals surface area contributed by atoms with Gasteiger partial charge in [0.2, 0.25) is 17.0 Å². The van der Waals surface area contributed by atoms with Crippen LogP contribution in [0.15, 0.2) is 12.2 Å². The second kappa shape index (κ2) is 34.8. The van der Waals surface area contributed by atoms with Crippen LogP contribution < -0.4 is 0 Å². The van der Waals surface area contributed by atoms with E-state index < -0.39 is 66.3 Å². The predicted octanol–water partition coefficient (Wildman–Crippen LogP) is 14.4. The first-order valence-electron chi connectivity index (χ1n) is 24.6. The van der Waals surface area contributed by atoms with E-state index >= 15 is 13.2 Å². The molecule has 0 aromatic carbocycles. The highest BCUT2D eigenvalue weighted by molar-refractivity contribution is 5.87. The van der Waals surface area contributed by atoms with E-state index in [0.717, 1.165) is 103 Å². The molecule has 61 heavy (non-hydrogen) atoms. The van der Waals surface area contributed by atoms with Gasteiger partial charge >= 0.3 is 23.9 Å². The average Bonchev–Trinajstić information content (AvgIpc) is 3.24. The van der Waals surface area contributed by atoms with E-state index in [1.165, 1.54) is 6.92 Å². The van der Waals surface area contributed by atoms with Crippen LogP contribution in [0, 0.1) is 0 Å². The Hall–Kier alpha value is -2.59. The summed E-state index contributed by atoms with van der Waals surface area (Å²) in [5.74, 6) is -4.48. The highest BCUT2D eigenvalue weighted by atomic mass is 19.2. The maximum absolute atomic E-state index is 17.0. The monoisotopic (exact) mass is 875 g/mol. The average molecular weight is 875 g/mol. The third-order valence-electron chi connectivity index (χ3n) is 11.7. The minimum Gasteiger partial charge on any atom is -0.459 e. The van der Waals surface area contributed by atoms with Crippen LogP contribution >= 0.6 is 0 Å². The summed E-state index contributed by atoms with van der Waals surface area (Å²) >= 11 is 0. The van der Waals surface area contributed by atoms with Gasteiger partial charge in [-0.05, 0) is 84.0 Å². The maximum atomic E-state index is 17.0. The second-order valence-electron chi connectivity index (χ2n) is 17.6. The normalized spacial score (nSPS) is 13.1. The van der Waals surface area contributed by atoms with E-state index in [0.29, 0.717) is 51.4 Å². The van der Waals surface area contributed by atoms with Gasteiger partial charge in [-0.1, -0.05) is 164 Å². The van der Waals surface area contributed by atoms with Crippen molar-refractivity contribution >= 4 is 23.9 Å². The van der Waals surface area contributed by atoms with Gasteiger partial charge in [-0.3, -0.25) is 0 Å². The van der Waals surface area contributed by atoms with Crippen LogP contribution in [-0.4, -0.2) is 66.3 Å². The Bertz CT molecular complexity index is 1160. The number of hydrogen-bond acceptors (Lipinski definition) is 8. The molecule has 11 heteroatoms. The Morgan fingerprint density at radius 3 is 0.902 bits per heavy atom. The molecule has 0 saturated heterocycles. The molecular weight excluding hydrogens is 786 g/mol. The third-order valence-corrected chi connectivity index (χ3v) is 11.7. The lowest BCUT2D eigenvalue weighted by atomic mass is 9.91. The third kappa shape index (κ3) is 25.3. The summed E-state index contributed by atoms with van der Waals surface area (Å²) in [7, 11) is 0. The topological polar surface area (TPSA) is 105 Å². The molecule has 0 aliphatic rings. The molecule has 0 heterocycles. The largest absolute Gasteiger partial charge is 0.459 e. The quantitative estimate of drug-likeness (QED) is 0.0259. The van der Waals surface area contributed by atoms with Gasteiger partial charge in [0.15, 0.2) is 12.2 Å². The van der Waals surface area contributed by atoms with Crippen molar-refractivity contribution in [2.45, 2.75) is 270 Å². The highest BCUT2D eigenvalue weighted by Crippen LogP contribution is 2.33. The van der Waals surface area contributed by atoms with E-state index in [2.05, 4.69) is 6.58 Å². The summed E-state index contributed by atoms with van der Waals surface area (Å²) in [5.41, 5.74) is -7.12. The smallest absolute Gasteiger partial charge is 0.344 e. The summed E-state index contributed by atoms with van der Waals surface area (Å²) in [6.07, 6.45) is 14.0. The molecule has 0 aliphatic carbocycles. The first-order chi connectivity index (χ1) is 29.1. The van der Waals surface area contributed by atoms with E-state index in [9.17, 15) is 19.2 Å². The summed E-state index contributed by atoms with van der Waals surface area (Å²) in [4.78, 5) is 54.7. The lowest BCUT2D eigenvalue weighted by Gasteiger charge is -2.32. The lowest BCUT2D eigenvalue weighted by Crippen LogP contribution is -2.48. The number of carbonyl (C=O) groups excluding carboxylic acids is 4. The fourth-order valence-electron chi connectivity index (χ4n) is 7.47. The van der Waals surface area contributed by atoms with E-state index in [4.69, 9.17) is 18.9 Å². The zero-order valence-electron chi connectivity index (χ0n) is 39.9. The number of rotatable bonds is 41. The Balaban J connectivity index is 6.97. The van der Waals surface area contributed by atoms with Crippen LogP contribution in [0.4, 0.5) is 13.2 Å². The van der Waals surface area contributed by atoms with Crippen LogP contribution in [-0.2, 0) is 38.1 Å². The van der Waals surface area contributed by atoms with Crippen LogP contribution in [0.3, 0.4) is 0 Å². The van der Waals surface area contributed by atoms with Gasteiger partial charge in [0.05, 0.1) is 0 Å². The number of unbranched alkanes of at least 4 members (excludes halogenated alkanes) is 18. The molecule has 358 valence electrons. The number of hydrogen-bond donors (Lipinski definition) is 0. The number of carbonyl (C=O) groups is 4. The van der Waals surface area contributed by atoms with Crippen LogP contribution in [0.1, 0.15) is 241 Å². The molecule has 2 unspecified atom stereocenters. The van der Waals surface area contributed by atoms with Crippen LogP contribution in [0.5, 0.6) is 0 Å². The predicted molar refractivity (Wildman–Crippen MR) is 241 cm³/mol. The van der Waals surface area contributed by atoms with Crippen molar-refractivity contribution in [2.24, 2.45) is 0 Å². The van der Waals surface area contributed by atoms with Gasteiger partial charge in [-0.2, -0.15) is 0 Å². The zero-order chi connectivity index (χ0) is 46.0. The zero-order valence-corrected chi connectivity index (χ0v) is 39.9. The van der Waals surface area contributed by atoms with Gasteiger partial charge in [0.1, 0.15) is 13.2 Å². The molecule has 0 aliphatic heterocycles. The van der Waals surface area contributed by atoms with Crippen LogP contribution in [0.2, 0.25) is 0 Å². The van der Waals surface area contributed by atoms with Crippen molar-refractivity contribution in [3.8, 4) is 0 Å². The molecule has 0 N–H and O–H groups in total. The van der Waals surface area contributed by atoms with Gasteiger partial charge in [0.25, 0.3) is 0 Å². The van der Waals surface area contributed by atoms with E-state index in [-0.39, 0.29) is 44.1 Å². The molecule has 0 amide bonds. The first kappa shape index (κ1) is 58.4. The van der Waals surface area contributed by atoms with Crippen molar-refractivity contribution in [1.82, 2.24) is 0 Å². The van der Waals surface area contributed by atoms with Crippen molar-refractivity contribution in [3.05, 3.63) is 12.2 Å². The van der Waals surface area contributed by atoms with Crippen molar-refractivity contribution in [2.75, 3.05) is 13.2 Å². The number of esters is 4. The maximum Gasteiger partial charge on any atom is 0.344 e. The summed E-state index contributed by atoms with van der Waals surface area (Å²) in [6, 6.07) is 0. The fourth-order valence-corrected chi connectivity index (χ4v) is 7.47. The minimum atomic E-state index is -2.42. The van der Waals surface area contributed by atoms with Gasteiger partial charge in [0, 0.05) is 5.57 Å². The Morgan fingerprint density at radius 2 is 0.656 bits per heavy atom. The molecule has 0 bridgehead atoms. The van der Waals surface area contributed by atoms with Gasteiger partial charge in [-0.25, -0.2) is 32.3 Å². The summed E-state index contributed by atoms with van der Waals surface area (Å²) in [6.45, 7) is 15.6. The van der Waals surface area contributed by atoms with E-state index in [1.807, 2.05) is 41.5 Å². The Labute approximate surface area is 370 Å². The number of alkyl halides is 3. The Kier molecular flexibility index (Phi) is 33.4. The minimum absolute atomic E-state index is 0.0429. The SMILES string of the molecule is C=C(C)C(=O)OC(COC(=O)C(F)(CCCCCC)CCCCCC)C(COC(=O)C(F)(CCCCCC)CCCCCC)OC(=O)C(F)(CCCCCC)CCCCCC. The molecule has 0 fully saturated rings. The summed E-state index contributed by atoms with van der Waals surface area (Å²) < 4.78 is 73.1. The molecule has 0 saturated carbocycles. The van der Waals surface area contributed by atoms with Crippen molar-refractivity contribution < 1.29 is 51.3 Å². The standard InChI is InChI=1S/C50H89F3O8/c1-9-15-21-27-33-48(51,34-28-22-16-10-2)45(55)58-39-42(60-44(54)41(7)8)43(61-47(57)50(53,37-31-25-19-13-5)38-32-26-20-14-6)40-59-46(56)49(52,35-29-23-17-11-3)36-30-24-18-12-4/h42-43H,7,9-40H2,1-6,8H3. The second-order valence-corrected chi connectivity index (χ2v) is 17.6. The molecule has 2 atom stereocenters. The van der Waals surface area contributed by atoms with Crippen molar-refractivity contribution in [3.63, 3.8) is 0 Å². The highest BCUT2D eigenvalue weighted by Gasteiger charge is 2.46. The molecular formula is C50H89F3O8. The fraction of sp³-hybridized carbons (Fsp3) is 0.880. The van der Waals surface area contributed by atoms with E-state index in [1.54, 1.807) is 0 Å². The lowest BCUT2D eigenvalue weighted by molar-refractivity contribution is -0.193. The number of ether oxygens (including phenoxy) is 4. The van der Waals surface area contributed by atoms with Crippen LogP contribution in [0.25, 0.3) is 0 Å². The molecule has 0 radical (unpaired) electrons. The van der Waals surface area contributed by atoms with Gasteiger partial charge < -0.3 is 18.9 Å². The summed E-state index contributed by atoms with van der Waals surface area (Å²) in [5, 5.41) is 0. The molecule has 8 nitrogen and oxygen atoms in total. The molecule has 0 aromatic heterocycles.